The van der Waals surface area contributed by atoms with E-state index in [0.29, 0.717) is 16.4 Å². The number of anilines is 2. The summed E-state index contributed by atoms with van der Waals surface area (Å²) < 4.78 is 0. The van der Waals surface area contributed by atoms with Gasteiger partial charge >= 0.3 is 0 Å². The molecule has 1 rings (SSSR count). The van der Waals surface area contributed by atoms with Gasteiger partial charge < -0.3 is 10.2 Å². The number of hydrogen-bond donors (Lipinski definition) is 1. The molecule has 0 aliphatic heterocycles. The van der Waals surface area contributed by atoms with Crippen molar-refractivity contribution in [2.45, 2.75) is 27.7 Å². The molecule has 0 aliphatic carbocycles. The van der Waals surface area contributed by atoms with Crippen LogP contribution in [0.2, 0.25) is 5.02 Å². The largest absolute Gasteiger partial charge is 0.326 e. The Kier molecular flexibility index (Phi) is 4.58. The number of carbonyl (C=O) groups excluding carboxylic acids is 2. The van der Waals surface area contributed by atoms with Crippen LogP contribution in [0.4, 0.5) is 11.4 Å². The van der Waals surface area contributed by atoms with Crippen molar-refractivity contribution in [3.05, 3.63) is 23.2 Å². The lowest BCUT2D eigenvalue weighted by atomic mass is 9.95. The predicted molar refractivity (Wildman–Crippen MR) is 78.6 cm³/mol. The van der Waals surface area contributed by atoms with Crippen molar-refractivity contribution >= 4 is 34.8 Å². The maximum absolute atomic E-state index is 11.9. The lowest BCUT2D eigenvalue weighted by Crippen LogP contribution is -2.27. The van der Waals surface area contributed by atoms with E-state index in [1.807, 2.05) is 20.8 Å². The second kappa shape index (κ2) is 5.61. The van der Waals surface area contributed by atoms with Crippen LogP contribution in [0.1, 0.15) is 27.7 Å². The van der Waals surface area contributed by atoms with Crippen LogP contribution >= 0.6 is 11.6 Å². The molecule has 5 heteroatoms. The van der Waals surface area contributed by atoms with Gasteiger partial charge in [-0.1, -0.05) is 32.4 Å². The summed E-state index contributed by atoms with van der Waals surface area (Å²) in [5, 5.41) is 3.21. The lowest BCUT2D eigenvalue weighted by Gasteiger charge is -2.20. The van der Waals surface area contributed by atoms with Crippen LogP contribution in [-0.2, 0) is 9.59 Å². The van der Waals surface area contributed by atoms with E-state index in [1.54, 1.807) is 25.2 Å². The molecule has 4 nitrogen and oxygen atoms in total. The van der Waals surface area contributed by atoms with Crippen molar-refractivity contribution in [1.29, 1.82) is 0 Å². The number of amides is 2. The molecule has 0 bridgehead atoms. The molecule has 0 unspecified atom stereocenters. The van der Waals surface area contributed by atoms with Crippen LogP contribution in [0.25, 0.3) is 0 Å². The highest BCUT2D eigenvalue weighted by Crippen LogP contribution is 2.29. The smallest absolute Gasteiger partial charge is 0.229 e. The molecule has 0 atom stereocenters. The van der Waals surface area contributed by atoms with Crippen LogP contribution in [0, 0.1) is 5.41 Å². The molecular formula is C14H19ClN2O2. The van der Waals surface area contributed by atoms with Gasteiger partial charge in [0.1, 0.15) is 0 Å². The van der Waals surface area contributed by atoms with Crippen LogP contribution in [0.3, 0.4) is 0 Å². The van der Waals surface area contributed by atoms with Crippen LogP contribution in [-0.4, -0.2) is 18.9 Å². The Balaban J connectivity index is 2.95. The van der Waals surface area contributed by atoms with Crippen molar-refractivity contribution in [3.8, 4) is 0 Å². The molecule has 0 aromatic heterocycles. The summed E-state index contributed by atoms with van der Waals surface area (Å²) in [5.74, 6) is -0.190. The minimum Gasteiger partial charge on any atom is -0.326 e. The first-order valence-corrected chi connectivity index (χ1v) is 6.36. The summed E-state index contributed by atoms with van der Waals surface area (Å²) in [7, 11) is 1.65. The topological polar surface area (TPSA) is 49.4 Å². The Labute approximate surface area is 118 Å². The Bertz CT molecular complexity index is 507. The number of hydrogen-bond acceptors (Lipinski definition) is 2. The first-order valence-electron chi connectivity index (χ1n) is 5.98. The van der Waals surface area contributed by atoms with E-state index in [4.69, 9.17) is 11.6 Å². The number of nitrogens with one attached hydrogen (secondary N) is 1. The second-order valence-electron chi connectivity index (χ2n) is 5.45. The number of rotatable bonds is 2. The molecular weight excluding hydrogens is 264 g/mol. The van der Waals surface area contributed by atoms with Crippen molar-refractivity contribution in [1.82, 2.24) is 0 Å². The van der Waals surface area contributed by atoms with E-state index >= 15 is 0 Å². The SMILES string of the molecule is CC(=O)N(C)c1ccc(NC(=O)C(C)(C)C)cc1Cl. The van der Waals surface area contributed by atoms with Gasteiger partial charge in [0.25, 0.3) is 0 Å². The molecule has 1 N–H and O–H groups in total. The van der Waals surface area contributed by atoms with Crippen molar-refractivity contribution < 1.29 is 9.59 Å². The summed E-state index contributed by atoms with van der Waals surface area (Å²) in [6, 6.07) is 5.08. The monoisotopic (exact) mass is 282 g/mol. The minimum absolute atomic E-state index is 0.0868. The van der Waals surface area contributed by atoms with Gasteiger partial charge in [-0.2, -0.15) is 0 Å². The van der Waals surface area contributed by atoms with E-state index < -0.39 is 5.41 Å². The van der Waals surface area contributed by atoms with Gasteiger partial charge in [0.15, 0.2) is 0 Å². The number of carbonyl (C=O) groups is 2. The molecule has 0 heterocycles. The molecule has 0 aliphatic rings. The van der Waals surface area contributed by atoms with Gasteiger partial charge in [0.2, 0.25) is 11.8 Å². The molecule has 104 valence electrons. The second-order valence-corrected chi connectivity index (χ2v) is 5.86. The predicted octanol–water partition coefficient (Wildman–Crippen LogP) is 3.31. The Hall–Kier alpha value is -1.55. The molecule has 0 saturated carbocycles. The fourth-order valence-corrected chi connectivity index (χ4v) is 1.65. The summed E-state index contributed by atoms with van der Waals surface area (Å²) in [6.45, 7) is 6.97. The molecule has 0 saturated heterocycles. The van der Waals surface area contributed by atoms with Crippen molar-refractivity contribution in [3.63, 3.8) is 0 Å². The zero-order valence-corrected chi connectivity index (χ0v) is 12.6. The van der Waals surface area contributed by atoms with E-state index in [1.165, 1.54) is 11.8 Å². The lowest BCUT2D eigenvalue weighted by molar-refractivity contribution is -0.123. The fraction of sp³-hybridized carbons (Fsp3) is 0.429. The van der Waals surface area contributed by atoms with Gasteiger partial charge in [-0.05, 0) is 18.2 Å². The molecule has 0 fully saturated rings. The average Bonchev–Trinajstić information content (AvgIpc) is 2.26. The molecule has 19 heavy (non-hydrogen) atoms. The first-order chi connectivity index (χ1) is 8.62. The summed E-state index contributed by atoms with van der Waals surface area (Å²) in [6.07, 6.45) is 0. The number of halogens is 1. The third-order valence-electron chi connectivity index (χ3n) is 2.72. The maximum Gasteiger partial charge on any atom is 0.229 e. The first kappa shape index (κ1) is 15.5. The molecule has 1 aromatic carbocycles. The molecule has 0 radical (unpaired) electrons. The third kappa shape index (κ3) is 3.96. The standard InChI is InChI=1S/C14H19ClN2O2/c1-9(18)17(5)12-7-6-10(8-11(12)15)16-13(19)14(2,3)4/h6-8H,1-5H3,(H,16,19). The Morgan fingerprint density at radius 3 is 2.26 bits per heavy atom. The van der Waals surface area contributed by atoms with E-state index in [0.717, 1.165) is 0 Å². The minimum atomic E-state index is -0.471. The molecule has 2 amide bonds. The van der Waals surface area contributed by atoms with E-state index in [2.05, 4.69) is 5.32 Å². The average molecular weight is 283 g/mol. The van der Waals surface area contributed by atoms with E-state index in [-0.39, 0.29) is 11.8 Å². The summed E-state index contributed by atoms with van der Waals surface area (Å²) in [5.41, 5.74) is 0.759. The van der Waals surface area contributed by atoms with Gasteiger partial charge in [-0.25, -0.2) is 0 Å². The molecule has 0 spiro atoms. The van der Waals surface area contributed by atoms with Gasteiger partial charge in [0, 0.05) is 25.1 Å². The van der Waals surface area contributed by atoms with Crippen LogP contribution in [0.5, 0.6) is 0 Å². The van der Waals surface area contributed by atoms with Crippen molar-refractivity contribution in [2.24, 2.45) is 5.41 Å². The van der Waals surface area contributed by atoms with Crippen molar-refractivity contribution in [2.75, 3.05) is 17.3 Å². The zero-order chi connectivity index (χ0) is 14.8. The normalized spacial score (nSPS) is 11.1. The summed E-state index contributed by atoms with van der Waals surface area (Å²) >= 11 is 6.12. The molecule has 1 aromatic rings. The Morgan fingerprint density at radius 1 is 1.26 bits per heavy atom. The highest BCUT2D eigenvalue weighted by molar-refractivity contribution is 6.34. The third-order valence-corrected chi connectivity index (χ3v) is 3.02. The maximum atomic E-state index is 11.9. The highest BCUT2D eigenvalue weighted by atomic mass is 35.5. The van der Waals surface area contributed by atoms with Crippen LogP contribution in [0.15, 0.2) is 18.2 Å². The van der Waals surface area contributed by atoms with Gasteiger partial charge in [-0.15, -0.1) is 0 Å². The number of nitrogens with zero attached hydrogens (tertiary/aromatic N) is 1. The van der Waals surface area contributed by atoms with E-state index in [9.17, 15) is 9.59 Å². The van der Waals surface area contributed by atoms with Gasteiger partial charge in [0.05, 0.1) is 10.7 Å². The zero-order valence-electron chi connectivity index (χ0n) is 11.9. The Morgan fingerprint density at radius 2 is 1.84 bits per heavy atom. The number of benzene rings is 1. The van der Waals surface area contributed by atoms with Gasteiger partial charge in [-0.3, -0.25) is 9.59 Å². The summed E-state index contributed by atoms with van der Waals surface area (Å²) in [4.78, 5) is 24.6. The fourth-order valence-electron chi connectivity index (χ4n) is 1.34. The highest BCUT2D eigenvalue weighted by Gasteiger charge is 2.21. The van der Waals surface area contributed by atoms with Crippen LogP contribution < -0.4 is 10.2 Å². The quantitative estimate of drug-likeness (QED) is 0.905.